The smallest absolute Gasteiger partial charge is 0.138 e. The van der Waals surface area contributed by atoms with E-state index in [4.69, 9.17) is 4.74 Å². The van der Waals surface area contributed by atoms with Gasteiger partial charge in [0.2, 0.25) is 0 Å². The maximum absolute atomic E-state index is 11.9. The molecule has 2 saturated heterocycles. The molecule has 2 aliphatic heterocycles. The highest BCUT2D eigenvalue weighted by atomic mass is 32.2. The molecule has 3 heteroatoms. The van der Waals surface area contributed by atoms with Crippen molar-refractivity contribution in [3.8, 4) is 0 Å². The van der Waals surface area contributed by atoms with Gasteiger partial charge in [-0.25, -0.2) is 0 Å². The number of ether oxygens (including phenoxy) is 1. The minimum Gasteiger partial charge on any atom is -0.384 e. The molecule has 0 amide bonds. The van der Waals surface area contributed by atoms with Gasteiger partial charge in [0, 0.05) is 29.9 Å². The van der Waals surface area contributed by atoms with Crippen LogP contribution in [0.5, 0.6) is 0 Å². The Morgan fingerprint density at radius 2 is 2.00 bits per heavy atom. The standard InChI is InChI=1S/C12H20O2S/c1-14-6-5-12(13)9-7-10-3-2-4-11(8-9)15-10/h9-11H,2-8H2,1H3. The number of hydrogen-bond acceptors (Lipinski definition) is 3. The summed E-state index contributed by atoms with van der Waals surface area (Å²) in [6.07, 6.45) is 6.91. The number of rotatable bonds is 4. The van der Waals surface area contributed by atoms with E-state index in [1.807, 2.05) is 0 Å². The Morgan fingerprint density at radius 3 is 2.60 bits per heavy atom. The molecule has 0 radical (unpaired) electrons. The average molecular weight is 228 g/mol. The van der Waals surface area contributed by atoms with Crippen LogP contribution in [-0.4, -0.2) is 30.0 Å². The fourth-order valence-corrected chi connectivity index (χ4v) is 4.57. The van der Waals surface area contributed by atoms with E-state index >= 15 is 0 Å². The van der Waals surface area contributed by atoms with E-state index in [1.54, 1.807) is 7.11 Å². The molecule has 2 rings (SSSR count). The first kappa shape index (κ1) is 11.5. The van der Waals surface area contributed by atoms with Crippen LogP contribution in [0.4, 0.5) is 0 Å². The van der Waals surface area contributed by atoms with Gasteiger partial charge in [0.05, 0.1) is 6.61 Å². The van der Waals surface area contributed by atoms with Crippen molar-refractivity contribution in [1.29, 1.82) is 0 Å². The predicted octanol–water partition coefficient (Wildman–Crippen LogP) is 2.66. The molecular formula is C12H20O2S. The fraction of sp³-hybridized carbons (Fsp3) is 0.917. The molecule has 2 heterocycles. The normalized spacial score (nSPS) is 35.1. The summed E-state index contributed by atoms with van der Waals surface area (Å²) < 4.78 is 4.97. The Labute approximate surface area is 96.1 Å². The van der Waals surface area contributed by atoms with Gasteiger partial charge in [0.15, 0.2) is 0 Å². The first-order valence-corrected chi connectivity index (χ1v) is 6.91. The van der Waals surface area contributed by atoms with E-state index in [2.05, 4.69) is 11.8 Å². The number of methoxy groups -OCH3 is 1. The third-order valence-electron chi connectivity index (χ3n) is 3.54. The van der Waals surface area contributed by atoms with E-state index in [1.165, 1.54) is 19.3 Å². The molecule has 86 valence electrons. The van der Waals surface area contributed by atoms with Crippen LogP contribution in [0.25, 0.3) is 0 Å². The van der Waals surface area contributed by atoms with Crippen molar-refractivity contribution in [1.82, 2.24) is 0 Å². The minimum absolute atomic E-state index is 0.344. The van der Waals surface area contributed by atoms with Gasteiger partial charge in [0.25, 0.3) is 0 Å². The maximum atomic E-state index is 11.9. The van der Waals surface area contributed by atoms with Crippen molar-refractivity contribution >= 4 is 17.5 Å². The second kappa shape index (κ2) is 5.35. The Morgan fingerprint density at radius 1 is 1.33 bits per heavy atom. The van der Waals surface area contributed by atoms with Gasteiger partial charge in [-0.3, -0.25) is 4.79 Å². The maximum Gasteiger partial charge on any atom is 0.138 e. The van der Waals surface area contributed by atoms with E-state index in [0.29, 0.717) is 24.7 Å². The van der Waals surface area contributed by atoms with Gasteiger partial charge in [-0.2, -0.15) is 11.8 Å². The molecular weight excluding hydrogens is 208 g/mol. The third-order valence-corrected chi connectivity index (χ3v) is 5.17. The molecule has 2 nitrogen and oxygen atoms in total. The van der Waals surface area contributed by atoms with E-state index in [0.717, 1.165) is 23.3 Å². The predicted molar refractivity (Wildman–Crippen MR) is 63.2 cm³/mol. The summed E-state index contributed by atoms with van der Waals surface area (Å²) in [6, 6.07) is 0. The summed E-state index contributed by atoms with van der Waals surface area (Å²) in [4.78, 5) is 11.9. The van der Waals surface area contributed by atoms with E-state index in [-0.39, 0.29) is 0 Å². The molecule has 0 N–H and O–H groups in total. The molecule has 0 aromatic rings. The number of fused-ring (bicyclic) bond motifs is 2. The SMILES string of the molecule is COCCC(=O)C1CC2CCCC(C1)S2. The molecule has 2 aliphatic rings. The number of carbonyl (C=O) groups excluding carboxylic acids is 1. The van der Waals surface area contributed by atoms with Gasteiger partial charge in [-0.1, -0.05) is 6.42 Å². The number of Topliss-reactive ketones (excluding diaryl/α,β-unsaturated/α-hetero) is 1. The molecule has 2 fully saturated rings. The average Bonchev–Trinajstić information content (AvgIpc) is 2.25. The minimum atomic E-state index is 0.344. The molecule has 0 saturated carbocycles. The number of thioether (sulfide) groups is 1. The van der Waals surface area contributed by atoms with Crippen molar-refractivity contribution in [2.24, 2.45) is 5.92 Å². The summed E-state index contributed by atoms with van der Waals surface area (Å²) in [5, 5.41) is 1.54. The topological polar surface area (TPSA) is 26.3 Å². The summed E-state index contributed by atoms with van der Waals surface area (Å²) in [5.74, 6) is 0.783. The first-order chi connectivity index (χ1) is 7.29. The lowest BCUT2D eigenvalue weighted by molar-refractivity contribution is -0.124. The van der Waals surface area contributed by atoms with Crippen LogP contribution in [0.1, 0.15) is 38.5 Å². The molecule has 0 aromatic carbocycles. The Kier molecular flexibility index (Phi) is 4.09. The summed E-state index contributed by atoms with van der Waals surface area (Å²) in [6.45, 7) is 0.595. The summed E-state index contributed by atoms with van der Waals surface area (Å²) in [5.41, 5.74) is 0. The highest BCUT2D eigenvalue weighted by molar-refractivity contribution is 8.00. The highest BCUT2D eigenvalue weighted by Crippen LogP contribution is 2.44. The van der Waals surface area contributed by atoms with Crippen LogP contribution in [0.15, 0.2) is 0 Å². The Hall–Kier alpha value is -0.0200. The van der Waals surface area contributed by atoms with Crippen LogP contribution in [0.3, 0.4) is 0 Å². The highest BCUT2D eigenvalue weighted by Gasteiger charge is 2.35. The van der Waals surface area contributed by atoms with E-state index < -0.39 is 0 Å². The quantitative estimate of drug-likeness (QED) is 0.740. The van der Waals surface area contributed by atoms with Crippen molar-refractivity contribution in [2.45, 2.75) is 49.0 Å². The van der Waals surface area contributed by atoms with E-state index in [9.17, 15) is 4.79 Å². The van der Waals surface area contributed by atoms with Crippen LogP contribution >= 0.6 is 11.8 Å². The lowest BCUT2D eigenvalue weighted by Crippen LogP contribution is -2.33. The van der Waals surface area contributed by atoms with Crippen molar-refractivity contribution < 1.29 is 9.53 Å². The number of ketones is 1. The van der Waals surface area contributed by atoms with Crippen molar-refractivity contribution in [3.63, 3.8) is 0 Å². The second-order valence-corrected chi connectivity index (χ2v) is 6.29. The monoisotopic (exact) mass is 228 g/mol. The molecule has 2 atom stereocenters. The van der Waals surface area contributed by atoms with Crippen LogP contribution in [-0.2, 0) is 9.53 Å². The van der Waals surface area contributed by atoms with Gasteiger partial charge >= 0.3 is 0 Å². The largest absolute Gasteiger partial charge is 0.384 e. The molecule has 2 unspecified atom stereocenters. The van der Waals surface area contributed by atoms with Gasteiger partial charge < -0.3 is 4.74 Å². The molecule has 0 aromatic heterocycles. The van der Waals surface area contributed by atoms with Crippen LogP contribution in [0, 0.1) is 5.92 Å². The van der Waals surface area contributed by atoms with Gasteiger partial charge in [-0.15, -0.1) is 0 Å². The number of hydrogen-bond donors (Lipinski definition) is 0. The fourth-order valence-electron chi connectivity index (χ4n) is 2.73. The molecule has 0 spiro atoms. The summed E-state index contributed by atoms with van der Waals surface area (Å²) >= 11 is 2.13. The van der Waals surface area contributed by atoms with Crippen molar-refractivity contribution in [2.75, 3.05) is 13.7 Å². The molecule has 2 bridgehead atoms. The summed E-state index contributed by atoms with van der Waals surface area (Å²) in [7, 11) is 1.67. The lowest BCUT2D eigenvalue weighted by atomic mass is 9.86. The van der Waals surface area contributed by atoms with Gasteiger partial charge in [0.1, 0.15) is 5.78 Å². The number of carbonyl (C=O) groups is 1. The van der Waals surface area contributed by atoms with Crippen LogP contribution in [0.2, 0.25) is 0 Å². The first-order valence-electron chi connectivity index (χ1n) is 5.96. The zero-order chi connectivity index (χ0) is 10.7. The zero-order valence-corrected chi connectivity index (χ0v) is 10.2. The second-order valence-electron chi connectivity index (χ2n) is 4.69. The molecule has 0 aliphatic carbocycles. The zero-order valence-electron chi connectivity index (χ0n) is 9.41. The lowest BCUT2D eigenvalue weighted by Gasteiger charge is -2.37. The molecule has 15 heavy (non-hydrogen) atoms. The Balaban J connectivity index is 1.85. The third kappa shape index (κ3) is 2.97. The Bertz CT molecular complexity index is 218. The van der Waals surface area contributed by atoms with Crippen LogP contribution < -0.4 is 0 Å². The van der Waals surface area contributed by atoms with Gasteiger partial charge in [-0.05, 0) is 25.7 Å². The van der Waals surface area contributed by atoms with Crippen molar-refractivity contribution in [3.05, 3.63) is 0 Å².